The van der Waals surface area contributed by atoms with Crippen LogP contribution in [0.5, 0.6) is 0 Å². The Morgan fingerprint density at radius 1 is 1.04 bits per heavy atom. The topological polar surface area (TPSA) is 58.2 Å². The second kappa shape index (κ2) is 8.29. The van der Waals surface area contributed by atoms with Crippen LogP contribution in [0.25, 0.3) is 11.6 Å². The van der Waals surface area contributed by atoms with E-state index in [4.69, 9.17) is 0 Å². The van der Waals surface area contributed by atoms with Crippen molar-refractivity contribution in [2.45, 2.75) is 25.3 Å². The summed E-state index contributed by atoms with van der Waals surface area (Å²) in [6.07, 6.45) is 3.90. The summed E-state index contributed by atoms with van der Waals surface area (Å²) in [6.45, 7) is 0.677. The van der Waals surface area contributed by atoms with E-state index in [1.165, 1.54) is 0 Å². The predicted molar refractivity (Wildman–Crippen MR) is 99.5 cm³/mol. The maximum atomic E-state index is 12.9. The van der Waals surface area contributed by atoms with Crippen LogP contribution in [-0.4, -0.2) is 24.4 Å². The molecule has 1 saturated heterocycles. The van der Waals surface area contributed by atoms with Gasteiger partial charge in [0.1, 0.15) is 0 Å². The van der Waals surface area contributed by atoms with E-state index in [1.807, 2.05) is 66.7 Å². The second-order valence-electron chi connectivity index (χ2n) is 6.20. The third kappa shape index (κ3) is 4.80. The van der Waals surface area contributed by atoms with Crippen molar-refractivity contribution in [1.82, 2.24) is 10.6 Å². The third-order valence-electron chi connectivity index (χ3n) is 4.26. The highest BCUT2D eigenvalue weighted by Gasteiger charge is 2.21. The average Bonchev–Trinajstić information content (AvgIpc) is 2.85. The molecule has 1 heterocycles. The molecule has 128 valence electrons. The molecular weight excluding hydrogens is 312 g/mol. The minimum Gasteiger partial charge on any atom is -0.356 e. The van der Waals surface area contributed by atoms with Gasteiger partial charge in [-0.25, -0.2) is 0 Å². The number of hydrogen-bond acceptors (Lipinski definition) is 2. The molecular formula is C21H22N2O2. The Hall–Kier alpha value is -2.88. The Labute approximate surface area is 148 Å². The van der Waals surface area contributed by atoms with E-state index in [-0.39, 0.29) is 17.9 Å². The molecule has 3 rings (SSSR count). The van der Waals surface area contributed by atoms with E-state index >= 15 is 0 Å². The van der Waals surface area contributed by atoms with Gasteiger partial charge >= 0.3 is 0 Å². The molecule has 4 nitrogen and oxygen atoms in total. The van der Waals surface area contributed by atoms with Gasteiger partial charge in [0.15, 0.2) is 0 Å². The van der Waals surface area contributed by atoms with Gasteiger partial charge in [0.05, 0.1) is 0 Å². The number of benzene rings is 2. The number of hydrogen-bond donors (Lipinski definition) is 2. The molecule has 2 N–H and O–H groups in total. The van der Waals surface area contributed by atoms with E-state index in [0.717, 1.165) is 24.0 Å². The van der Waals surface area contributed by atoms with Crippen LogP contribution >= 0.6 is 0 Å². The van der Waals surface area contributed by atoms with E-state index < -0.39 is 0 Å². The fourth-order valence-corrected chi connectivity index (χ4v) is 2.97. The van der Waals surface area contributed by atoms with Crippen molar-refractivity contribution < 1.29 is 9.59 Å². The van der Waals surface area contributed by atoms with Crippen molar-refractivity contribution in [3.05, 3.63) is 71.8 Å². The quantitative estimate of drug-likeness (QED) is 0.667. The molecule has 1 aliphatic rings. The molecule has 0 aromatic heterocycles. The summed E-state index contributed by atoms with van der Waals surface area (Å²) < 4.78 is 0. The summed E-state index contributed by atoms with van der Waals surface area (Å²) in [5.41, 5.74) is 2.44. The summed E-state index contributed by atoms with van der Waals surface area (Å²) in [5.74, 6) is -0.147. The number of carbonyl (C=O) groups excluding carboxylic acids is 2. The highest BCUT2D eigenvalue weighted by atomic mass is 16.2. The summed E-state index contributed by atoms with van der Waals surface area (Å²) in [5, 5.41) is 5.88. The Morgan fingerprint density at radius 2 is 1.72 bits per heavy atom. The molecule has 0 aliphatic carbocycles. The maximum Gasteiger partial charge on any atom is 0.252 e. The molecule has 1 atom stereocenters. The van der Waals surface area contributed by atoms with Gasteiger partial charge in [-0.2, -0.15) is 0 Å². The highest BCUT2D eigenvalue weighted by Crippen LogP contribution is 2.19. The lowest BCUT2D eigenvalue weighted by molar-refractivity contribution is -0.121. The molecule has 2 aromatic rings. The summed E-state index contributed by atoms with van der Waals surface area (Å²) in [7, 11) is 0. The molecule has 4 heteroatoms. The summed E-state index contributed by atoms with van der Waals surface area (Å²) in [4.78, 5) is 24.7. The summed E-state index contributed by atoms with van der Waals surface area (Å²) in [6, 6.07) is 19.3. The van der Waals surface area contributed by atoms with Crippen molar-refractivity contribution >= 4 is 23.5 Å². The molecule has 0 bridgehead atoms. The Balaban J connectivity index is 1.85. The van der Waals surface area contributed by atoms with Gasteiger partial charge in [0.2, 0.25) is 5.91 Å². The van der Waals surface area contributed by atoms with Crippen molar-refractivity contribution in [2.75, 3.05) is 6.54 Å². The van der Waals surface area contributed by atoms with Gasteiger partial charge in [0, 0.05) is 24.6 Å². The molecule has 1 unspecified atom stereocenters. The van der Waals surface area contributed by atoms with E-state index in [0.29, 0.717) is 18.5 Å². The van der Waals surface area contributed by atoms with Gasteiger partial charge < -0.3 is 10.6 Å². The van der Waals surface area contributed by atoms with Crippen molar-refractivity contribution in [3.63, 3.8) is 0 Å². The SMILES string of the molecule is O=C1CC(NC(=O)C(=Cc2ccccc2)c2ccccc2)CCCN1. The molecule has 0 saturated carbocycles. The smallest absolute Gasteiger partial charge is 0.252 e. The fraction of sp³-hybridized carbons (Fsp3) is 0.238. The van der Waals surface area contributed by atoms with Crippen LogP contribution in [0.2, 0.25) is 0 Å². The maximum absolute atomic E-state index is 12.9. The molecule has 1 fully saturated rings. The Kier molecular flexibility index (Phi) is 5.62. The van der Waals surface area contributed by atoms with Gasteiger partial charge in [-0.1, -0.05) is 60.7 Å². The van der Waals surface area contributed by atoms with Crippen LogP contribution in [0.4, 0.5) is 0 Å². The summed E-state index contributed by atoms with van der Waals surface area (Å²) >= 11 is 0. The van der Waals surface area contributed by atoms with E-state index in [9.17, 15) is 9.59 Å². The van der Waals surface area contributed by atoms with Crippen LogP contribution in [-0.2, 0) is 9.59 Å². The minimum atomic E-state index is -0.144. The molecule has 2 amide bonds. The third-order valence-corrected chi connectivity index (χ3v) is 4.26. The van der Waals surface area contributed by atoms with E-state index in [1.54, 1.807) is 0 Å². The fourth-order valence-electron chi connectivity index (χ4n) is 2.97. The van der Waals surface area contributed by atoms with Crippen LogP contribution in [0.15, 0.2) is 60.7 Å². The zero-order valence-electron chi connectivity index (χ0n) is 14.1. The van der Waals surface area contributed by atoms with Gasteiger partial charge in [-0.15, -0.1) is 0 Å². The average molecular weight is 334 g/mol. The largest absolute Gasteiger partial charge is 0.356 e. The Morgan fingerprint density at radius 3 is 2.44 bits per heavy atom. The first-order valence-corrected chi connectivity index (χ1v) is 8.62. The lowest BCUT2D eigenvalue weighted by Crippen LogP contribution is -2.37. The molecule has 2 aromatic carbocycles. The molecule has 25 heavy (non-hydrogen) atoms. The van der Waals surface area contributed by atoms with Gasteiger partial charge in [-0.05, 0) is 30.0 Å². The van der Waals surface area contributed by atoms with Crippen molar-refractivity contribution in [3.8, 4) is 0 Å². The zero-order valence-corrected chi connectivity index (χ0v) is 14.1. The first kappa shape index (κ1) is 17.0. The standard InChI is InChI=1S/C21H22N2O2/c24-20-15-18(12-7-13-22-20)23-21(25)19(17-10-5-2-6-11-17)14-16-8-3-1-4-9-16/h1-6,8-11,14,18H,7,12-13,15H2,(H,22,24)(H,23,25). The van der Waals surface area contributed by atoms with Crippen LogP contribution in [0, 0.1) is 0 Å². The lowest BCUT2D eigenvalue weighted by Gasteiger charge is -2.17. The Bertz CT molecular complexity index is 754. The second-order valence-corrected chi connectivity index (χ2v) is 6.20. The highest BCUT2D eigenvalue weighted by molar-refractivity contribution is 6.24. The van der Waals surface area contributed by atoms with E-state index in [2.05, 4.69) is 10.6 Å². The minimum absolute atomic E-state index is 0.00361. The lowest BCUT2D eigenvalue weighted by atomic mass is 10.0. The first-order valence-electron chi connectivity index (χ1n) is 8.62. The number of carbonyl (C=O) groups is 2. The normalized spacial score (nSPS) is 18.2. The monoisotopic (exact) mass is 334 g/mol. The van der Waals surface area contributed by atoms with Gasteiger partial charge in [0.25, 0.3) is 5.91 Å². The first-order chi connectivity index (χ1) is 12.2. The molecule has 0 radical (unpaired) electrons. The van der Waals surface area contributed by atoms with Crippen molar-refractivity contribution in [1.29, 1.82) is 0 Å². The van der Waals surface area contributed by atoms with Gasteiger partial charge in [-0.3, -0.25) is 9.59 Å². The zero-order chi connectivity index (χ0) is 17.5. The van der Waals surface area contributed by atoms with Crippen LogP contribution in [0.1, 0.15) is 30.4 Å². The van der Waals surface area contributed by atoms with Crippen molar-refractivity contribution in [2.24, 2.45) is 0 Å². The van der Waals surface area contributed by atoms with Crippen LogP contribution in [0.3, 0.4) is 0 Å². The molecule has 1 aliphatic heterocycles. The predicted octanol–water partition coefficient (Wildman–Crippen LogP) is 3.01. The van der Waals surface area contributed by atoms with Crippen LogP contribution < -0.4 is 10.6 Å². The molecule has 0 spiro atoms. The number of amides is 2. The number of nitrogens with one attached hydrogen (secondary N) is 2. The number of rotatable bonds is 4.